The quantitative estimate of drug-likeness (QED) is 0.341. The van der Waals surface area contributed by atoms with Crippen LogP contribution in [0.15, 0.2) is 72.8 Å². The predicted molar refractivity (Wildman–Crippen MR) is 127 cm³/mol. The number of piperidine rings is 1. The minimum Gasteiger partial charge on any atom is -0.467 e. The lowest BCUT2D eigenvalue weighted by Gasteiger charge is -2.31. The van der Waals surface area contributed by atoms with Gasteiger partial charge in [-0.15, -0.1) is 0 Å². The second-order valence-electron chi connectivity index (χ2n) is 7.62. The molecule has 1 aliphatic heterocycles. The van der Waals surface area contributed by atoms with Gasteiger partial charge >= 0.3 is 0 Å². The fourth-order valence-electron chi connectivity index (χ4n) is 3.76. The molecule has 1 saturated heterocycles. The molecule has 0 atom stereocenters. The fraction of sp³-hybridized carbons (Fsp3) is 0.200. The number of aromatic nitrogens is 1. The maximum Gasteiger partial charge on any atom is 0.274 e. The number of thiazole rings is 1. The highest BCUT2D eigenvalue weighted by Crippen LogP contribution is 2.33. The molecule has 5 nitrogen and oxygen atoms in total. The highest BCUT2D eigenvalue weighted by atomic mass is 35.5. The average Bonchev–Trinajstić information content (AvgIpc) is 3.24. The summed E-state index contributed by atoms with van der Waals surface area (Å²) in [6, 6.07) is 22.6. The molecule has 0 radical (unpaired) electrons. The Bertz CT molecular complexity index is 1240. The molecule has 4 aromatic rings. The molecule has 0 unspecified atom stereocenters. The molecule has 2 heterocycles. The van der Waals surface area contributed by atoms with Crippen molar-refractivity contribution >= 4 is 39.1 Å². The normalized spacial score (nSPS) is 14.5. The standard InChI is InChI=1S/C25H21ClN2O3S/c26-21-10-5-11-22-23(21)27-25(32-22)31-19-12-14-28(15-13-19)24(29)17-6-4-9-20(16-17)30-18-7-2-1-3-8-18/h1-11,16,19H,12-15H2. The van der Waals surface area contributed by atoms with E-state index in [0.29, 0.717) is 34.6 Å². The minimum absolute atomic E-state index is 0.00808. The van der Waals surface area contributed by atoms with Crippen LogP contribution in [0.5, 0.6) is 16.7 Å². The molecule has 7 heteroatoms. The zero-order valence-electron chi connectivity index (χ0n) is 17.2. The first kappa shape index (κ1) is 20.8. The number of nitrogens with zero attached hydrogens (tertiary/aromatic N) is 2. The second-order valence-corrected chi connectivity index (χ2v) is 9.02. The van der Waals surface area contributed by atoms with Crippen LogP contribution in [-0.2, 0) is 0 Å². The summed E-state index contributed by atoms with van der Waals surface area (Å²) in [6.45, 7) is 1.28. The highest BCUT2D eigenvalue weighted by molar-refractivity contribution is 7.20. The lowest BCUT2D eigenvalue weighted by Crippen LogP contribution is -2.41. The summed E-state index contributed by atoms with van der Waals surface area (Å²) < 4.78 is 13.0. The molecule has 5 rings (SSSR count). The van der Waals surface area contributed by atoms with E-state index >= 15 is 0 Å². The van der Waals surface area contributed by atoms with Crippen LogP contribution >= 0.6 is 22.9 Å². The van der Waals surface area contributed by atoms with Gasteiger partial charge in [-0.3, -0.25) is 4.79 Å². The van der Waals surface area contributed by atoms with Gasteiger partial charge in [0.05, 0.1) is 9.72 Å². The number of fused-ring (bicyclic) bond motifs is 1. The van der Waals surface area contributed by atoms with Crippen LogP contribution in [0.25, 0.3) is 10.2 Å². The van der Waals surface area contributed by atoms with E-state index in [0.717, 1.165) is 28.8 Å². The lowest BCUT2D eigenvalue weighted by molar-refractivity contribution is 0.0595. The van der Waals surface area contributed by atoms with Crippen molar-refractivity contribution in [2.75, 3.05) is 13.1 Å². The van der Waals surface area contributed by atoms with Crippen LogP contribution in [0.2, 0.25) is 5.02 Å². The second kappa shape index (κ2) is 9.18. The number of carbonyl (C=O) groups excluding carboxylic acids is 1. The summed E-state index contributed by atoms with van der Waals surface area (Å²) in [5, 5.41) is 1.26. The van der Waals surface area contributed by atoms with Crippen LogP contribution in [0.1, 0.15) is 23.2 Å². The number of rotatable bonds is 5. The van der Waals surface area contributed by atoms with Crippen molar-refractivity contribution in [2.24, 2.45) is 0 Å². The summed E-state index contributed by atoms with van der Waals surface area (Å²) in [4.78, 5) is 19.4. The van der Waals surface area contributed by atoms with E-state index in [1.54, 1.807) is 6.07 Å². The molecular weight excluding hydrogens is 444 g/mol. The third-order valence-electron chi connectivity index (χ3n) is 5.41. The van der Waals surface area contributed by atoms with Crippen molar-refractivity contribution in [3.05, 3.63) is 83.4 Å². The number of hydrogen-bond donors (Lipinski definition) is 0. The number of carbonyl (C=O) groups is 1. The van der Waals surface area contributed by atoms with Crippen LogP contribution < -0.4 is 9.47 Å². The van der Waals surface area contributed by atoms with Gasteiger partial charge < -0.3 is 14.4 Å². The molecule has 1 amide bonds. The number of ether oxygens (including phenoxy) is 2. The van der Waals surface area contributed by atoms with Crippen LogP contribution in [-0.4, -0.2) is 35.0 Å². The Morgan fingerprint density at radius 1 is 0.969 bits per heavy atom. The van der Waals surface area contributed by atoms with Crippen LogP contribution in [0.3, 0.4) is 0 Å². The molecule has 3 aromatic carbocycles. The van der Waals surface area contributed by atoms with Gasteiger partial charge in [-0.05, 0) is 42.5 Å². The number of halogens is 1. The van der Waals surface area contributed by atoms with Crippen molar-refractivity contribution in [1.82, 2.24) is 9.88 Å². The molecule has 1 fully saturated rings. The Balaban J connectivity index is 1.20. The summed E-state index contributed by atoms with van der Waals surface area (Å²) in [5.41, 5.74) is 1.40. The first-order chi connectivity index (χ1) is 15.7. The van der Waals surface area contributed by atoms with Crippen molar-refractivity contribution < 1.29 is 14.3 Å². The molecule has 32 heavy (non-hydrogen) atoms. The SMILES string of the molecule is O=C(c1cccc(Oc2ccccc2)c1)N1CCC(Oc2nc3c(Cl)cccc3s2)CC1. The van der Waals surface area contributed by atoms with Gasteiger partial charge in [0.1, 0.15) is 23.1 Å². The van der Waals surface area contributed by atoms with Gasteiger partial charge in [0.2, 0.25) is 0 Å². The smallest absolute Gasteiger partial charge is 0.274 e. The predicted octanol–water partition coefficient (Wildman–Crippen LogP) is 6.43. The Labute approximate surface area is 195 Å². The third kappa shape index (κ3) is 4.56. The summed E-state index contributed by atoms with van der Waals surface area (Å²) >= 11 is 7.72. The minimum atomic E-state index is 0.00808. The maximum absolute atomic E-state index is 13.0. The first-order valence-electron chi connectivity index (χ1n) is 10.5. The third-order valence-corrected chi connectivity index (χ3v) is 6.62. The molecule has 0 saturated carbocycles. The first-order valence-corrected chi connectivity index (χ1v) is 11.7. The lowest BCUT2D eigenvalue weighted by atomic mass is 10.1. The van der Waals surface area contributed by atoms with Gasteiger partial charge in [-0.2, -0.15) is 0 Å². The maximum atomic E-state index is 13.0. The number of para-hydroxylation sites is 2. The van der Waals surface area contributed by atoms with E-state index in [2.05, 4.69) is 4.98 Å². The monoisotopic (exact) mass is 464 g/mol. The van der Waals surface area contributed by atoms with E-state index in [9.17, 15) is 4.79 Å². The molecule has 0 spiro atoms. The average molecular weight is 465 g/mol. The highest BCUT2D eigenvalue weighted by Gasteiger charge is 2.26. The Hall–Kier alpha value is -3.09. The number of benzene rings is 3. The zero-order chi connectivity index (χ0) is 21.9. The number of amides is 1. The van der Waals surface area contributed by atoms with E-state index in [-0.39, 0.29) is 12.0 Å². The van der Waals surface area contributed by atoms with Gasteiger partial charge in [0, 0.05) is 31.5 Å². The van der Waals surface area contributed by atoms with Crippen molar-refractivity contribution in [3.63, 3.8) is 0 Å². The molecular formula is C25H21ClN2O3S. The molecule has 0 N–H and O–H groups in total. The van der Waals surface area contributed by atoms with Crippen molar-refractivity contribution in [3.8, 4) is 16.7 Å². The van der Waals surface area contributed by atoms with E-state index < -0.39 is 0 Å². The molecule has 162 valence electrons. The molecule has 1 aliphatic rings. The van der Waals surface area contributed by atoms with E-state index in [1.807, 2.05) is 71.6 Å². The van der Waals surface area contributed by atoms with Crippen molar-refractivity contribution in [2.45, 2.75) is 18.9 Å². The van der Waals surface area contributed by atoms with Crippen molar-refractivity contribution in [1.29, 1.82) is 0 Å². The van der Waals surface area contributed by atoms with Crippen LogP contribution in [0.4, 0.5) is 0 Å². The Morgan fingerprint density at radius 3 is 2.50 bits per heavy atom. The summed E-state index contributed by atoms with van der Waals surface area (Å²) in [7, 11) is 0. The number of likely N-dealkylation sites (tertiary alicyclic amines) is 1. The zero-order valence-corrected chi connectivity index (χ0v) is 18.8. The summed E-state index contributed by atoms with van der Waals surface area (Å²) in [5.74, 6) is 1.40. The van der Waals surface area contributed by atoms with Gasteiger partial charge in [0.15, 0.2) is 0 Å². The van der Waals surface area contributed by atoms with E-state index in [4.69, 9.17) is 21.1 Å². The summed E-state index contributed by atoms with van der Waals surface area (Å²) in [6.07, 6.45) is 1.55. The Morgan fingerprint density at radius 2 is 1.72 bits per heavy atom. The molecule has 0 aliphatic carbocycles. The number of hydrogen-bond acceptors (Lipinski definition) is 5. The van der Waals surface area contributed by atoms with Crippen LogP contribution in [0, 0.1) is 0 Å². The molecule has 0 bridgehead atoms. The Kier molecular flexibility index (Phi) is 5.97. The van der Waals surface area contributed by atoms with Gasteiger partial charge in [-0.25, -0.2) is 4.98 Å². The van der Waals surface area contributed by atoms with E-state index in [1.165, 1.54) is 11.3 Å². The molecule has 1 aromatic heterocycles. The topological polar surface area (TPSA) is 51.7 Å². The fourth-order valence-corrected chi connectivity index (χ4v) is 4.95. The van der Waals surface area contributed by atoms with Gasteiger partial charge in [0.25, 0.3) is 11.1 Å². The van der Waals surface area contributed by atoms with Gasteiger partial charge in [-0.1, -0.05) is 53.3 Å². The largest absolute Gasteiger partial charge is 0.467 e.